The highest BCUT2D eigenvalue weighted by molar-refractivity contribution is 7.14. The normalized spacial score (nSPS) is 28.8. The molecular formula is C17H24N2O3S. The van der Waals surface area contributed by atoms with Crippen LogP contribution < -0.4 is 0 Å². The van der Waals surface area contributed by atoms with Crippen LogP contribution in [0.4, 0.5) is 0 Å². The number of ether oxygens (including phenoxy) is 1. The van der Waals surface area contributed by atoms with Gasteiger partial charge in [-0.25, -0.2) is 0 Å². The molecule has 6 heteroatoms. The van der Waals surface area contributed by atoms with Crippen molar-refractivity contribution >= 4 is 17.2 Å². The van der Waals surface area contributed by atoms with Crippen molar-refractivity contribution in [2.45, 2.75) is 44.4 Å². The number of aliphatic hydroxyl groups is 1. The maximum atomic E-state index is 12.7. The number of carbonyl (C=O) groups excluding carboxylic acids is 1. The molecule has 2 atom stereocenters. The summed E-state index contributed by atoms with van der Waals surface area (Å²) in [7, 11) is 0. The molecule has 126 valence electrons. The third kappa shape index (κ3) is 3.05. The van der Waals surface area contributed by atoms with Crippen molar-refractivity contribution in [2.75, 3.05) is 32.8 Å². The number of carbonyl (C=O) groups is 1. The minimum atomic E-state index is -0.179. The maximum Gasteiger partial charge on any atom is 0.264 e. The molecule has 3 heterocycles. The van der Waals surface area contributed by atoms with Crippen molar-refractivity contribution in [3.63, 3.8) is 0 Å². The van der Waals surface area contributed by atoms with E-state index in [0.29, 0.717) is 12.6 Å². The molecule has 1 aliphatic carbocycles. The van der Waals surface area contributed by atoms with Crippen molar-refractivity contribution in [3.8, 4) is 0 Å². The van der Waals surface area contributed by atoms with Crippen LogP contribution in [0.25, 0.3) is 0 Å². The molecule has 2 aliphatic heterocycles. The molecule has 1 aromatic rings. The van der Waals surface area contributed by atoms with Gasteiger partial charge >= 0.3 is 0 Å². The molecule has 1 saturated heterocycles. The summed E-state index contributed by atoms with van der Waals surface area (Å²) in [5.41, 5.74) is 1.19. The highest BCUT2D eigenvalue weighted by atomic mass is 32.1. The molecule has 4 rings (SSSR count). The van der Waals surface area contributed by atoms with E-state index in [1.807, 2.05) is 11.0 Å². The van der Waals surface area contributed by atoms with Gasteiger partial charge in [0, 0.05) is 43.5 Å². The number of piperazine rings is 1. The lowest BCUT2D eigenvalue weighted by Gasteiger charge is -2.39. The van der Waals surface area contributed by atoms with Gasteiger partial charge in [0.05, 0.1) is 24.2 Å². The molecule has 5 nitrogen and oxygen atoms in total. The van der Waals surface area contributed by atoms with E-state index in [2.05, 4.69) is 4.90 Å². The van der Waals surface area contributed by atoms with Gasteiger partial charge in [-0.1, -0.05) is 0 Å². The molecule has 3 aliphatic rings. The lowest BCUT2D eigenvalue weighted by Crippen LogP contribution is -2.53. The predicted molar refractivity (Wildman–Crippen MR) is 88.8 cm³/mol. The zero-order valence-corrected chi connectivity index (χ0v) is 14.2. The number of nitrogens with zero attached hydrogens (tertiary/aromatic N) is 2. The molecule has 0 bridgehead atoms. The van der Waals surface area contributed by atoms with Gasteiger partial charge < -0.3 is 14.7 Å². The lowest BCUT2D eigenvalue weighted by molar-refractivity contribution is 0.0318. The van der Waals surface area contributed by atoms with Crippen molar-refractivity contribution in [3.05, 3.63) is 21.4 Å². The average Bonchev–Trinajstić information content (AvgIpc) is 3.20. The molecule has 0 radical (unpaired) electrons. The largest absolute Gasteiger partial charge is 0.391 e. The fourth-order valence-corrected chi connectivity index (χ4v) is 5.13. The van der Waals surface area contributed by atoms with Gasteiger partial charge in [0.1, 0.15) is 0 Å². The van der Waals surface area contributed by atoms with Crippen molar-refractivity contribution < 1.29 is 14.6 Å². The van der Waals surface area contributed by atoms with Crippen LogP contribution in [0, 0.1) is 0 Å². The van der Waals surface area contributed by atoms with E-state index in [9.17, 15) is 9.90 Å². The van der Waals surface area contributed by atoms with E-state index in [0.717, 1.165) is 63.3 Å². The molecule has 1 amide bonds. The Hall–Kier alpha value is -0.950. The summed E-state index contributed by atoms with van der Waals surface area (Å²) < 4.78 is 5.47. The fourth-order valence-electron chi connectivity index (χ4n) is 4.01. The van der Waals surface area contributed by atoms with Gasteiger partial charge in [0.2, 0.25) is 0 Å². The number of fused-ring (bicyclic) bond motifs is 1. The van der Waals surface area contributed by atoms with Crippen LogP contribution in [0.2, 0.25) is 0 Å². The maximum absolute atomic E-state index is 12.7. The minimum absolute atomic E-state index is 0.163. The quantitative estimate of drug-likeness (QED) is 0.889. The first-order valence-corrected chi connectivity index (χ1v) is 9.45. The number of amides is 1. The lowest BCUT2D eigenvalue weighted by atomic mass is 10.1. The van der Waals surface area contributed by atoms with Gasteiger partial charge in [-0.05, 0) is 30.9 Å². The highest BCUT2D eigenvalue weighted by Gasteiger charge is 2.33. The van der Waals surface area contributed by atoms with Crippen LogP contribution >= 0.6 is 11.3 Å². The second-order valence-corrected chi connectivity index (χ2v) is 7.89. The Labute approximate surface area is 140 Å². The summed E-state index contributed by atoms with van der Waals surface area (Å²) >= 11 is 1.64. The summed E-state index contributed by atoms with van der Waals surface area (Å²) in [6.07, 6.45) is 3.88. The molecule has 0 unspecified atom stereocenters. The third-order valence-electron chi connectivity index (χ3n) is 5.35. The number of hydrogen-bond acceptors (Lipinski definition) is 5. The number of thiophene rings is 1. The third-order valence-corrected chi connectivity index (χ3v) is 6.58. The van der Waals surface area contributed by atoms with Crippen LogP contribution in [0.5, 0.6) is 0 Å². The number of hydrogen-bond donors (Lipinski definition) is 1. The first kappa shape index (κ1) is 15.6. The number of rotatable bonds is 2. The standard InChI is InChI=1S/C17H24N2O3S/c20-14-3-1-2-13(14)18-5-7-19(8-6-18)17(21)16-10-12-11-22-9-4-15(12)23-16/h10,13-14,20H,1-9,11H2/t13-,14-/m1/s1. The van der Waals surface area contributed by atoms with Crippen molar-refractivity contribution in [1.82, 2.24) is 9.80 Å². The van der Waals surface area contributed by atoms with Crippen LogP contribution in [-0.4, -0.2) is 65.7 Å². The van der Waals surface area contributed by atoms with Gasteiger partial charge in [0.15, 0.2) is 0 Å². The molecule has 0 spiro atoms. The highest BCUT2D eigenvalue weighted by Crippen LogP contribution is 2.29. The Morgan fingerprint density at radius 2 is 2.09 bits per heavy atom. The molecule has 1 N–H and O–H groups in total. The van der Waals surface area contributed by atoms with E-state index in [4.69, 9.17) is 4.74 Å². The monoisotopic (exact) mass is 336 g/mol. The summed E-state index contributed by atoms with van der Waals surface area (Å²) in [6, 6.07) is 2.33. The Morgan fingerprint density at radius 1 is 1.26 bits per heavy atom. The SMILES string of the molecule is O=C(c1cc2c(s1)CCOC2)N1CCN([C@@H]2CCC[C@H]2O)CC1. The van der Waals surface area contributed by atoms with E-state index in [1.54, 1.807) is 11.3 Å². The molecule has 1 saturated carbocycles. The van der Waals surface area contributed by atoms with Gasteiger partial charge in [-0.3, -0.25) is 9.69 Å². The van der Waals surface area contributed by atoms with Crippen molar-refractivity contribution in [1.29, 1.82) is 0 Å². The van der Waals surface area contributed by atoms with Gasteiger partial charge in [0.25, 0.3) is 5.91 Å². The molecule has 2 fully saturated rings. The first-order valence-electron chi connectivity index (χ1n) is 8.63. The topological polar surface area (TPSA) is 53.0 Å². The van der Waals surface area contributed by atoms with E-state index >= 15 is 0 Å². The zero-order chi connectivity index (χ0) is 15.8. The average molecular weight is 336 g/mol. The van der Waals surface area contributed by atoms with E-state index in [1.165, 1.54) is 10.4 Å². The summed E-state index contributed by atoms with van der Waals surface area (Å²) in [5, 5.41) is 10.1. The zero-order valence-electron chi connectivity index (χ0n) is 13.4. The Balaban J connectivity index is 1.38. The molecule has 1 aromatic heterocycles. The Morgan fingerprint density at radius 3 is 2.78 bits per heavy atom. The summed E-state index contributed by atoms with van der Waals surface area (Å²) in [5.74, 6) is 0.163. The van der Waals surface area contributed by atoms with Crippen LogP contribution in [0.1, 0.15) is 39.4 Å². The second kappa shape index (κ2) is 6.51. The second-order valence-electron chi connectivity index (χ2n) is 6.76. The van der Waals surface area contributed by atoms with Crippen molar-refractivity contribution in [2.24, 2.45) is 0 Å². The number of aliphatic hydroxyl groups excluding tert-OH is 1. The molecular weight excluding hydrogens is 312 g/mol. The Kier molecular flexibility index (Phi) is 4.41. The van der Waals surface area contributed by atoms with E-state index < -0.39 is 0 Å². The van der Waals surface area contributed by atoms with Crippen LogP contribution in [0.15, 0.2) is 6.07 Å². The minimum Gasteiger partial charge on any atom is -0.391 e. The van der Waals surface area contributed by atoms with Gasteiger partial charge in [-0.15, -0.1) is 11.3 Å². The summed E-state index contributed by atoms with van der Waals surface area (Å²) in [6.45, 7) is 4.70. The van der Waals surface area contributed by atoms with E-state index in [-0.39, 0.29) is 12.0 Å². The van der Waals surface area contributed by atoms with Crippen LogP contribution in [-0.2, 0) is 17.8 Å². The van der Waals surface area contributed by atoms with Crippen LogP contribution in [0.3, 0.4) is 0 Å². The Bertz CT molecular complexity index is 557. The fraction of sp³-hybridized carbons (Fsp3) is 0.706. The van der Waals surface area contributed by atoms with Gasteiger partial charge in [-0.2, -0.15) is 0 Å². The first-order chi connectivity index (χ1) is 11.2. The summed E-state index contributed by atoms with van der Waals surface area (Å²) in [4.78, 5) is 19.2. The molecule has 23 heavy (non-hydrogen) atoms. The predicted octanol–water partition coefficient (Wildman–Crippen LogP) is 1.49. The molecule has 0 aromatic carbocycles. The smallest absolute Gasteiger partial charge is 0.264 e.